The molecule has 3 aliphatic rings. The van der Waals surface area contributed by atoms with Gasteiger partial charge in [-0.15, -0.1) is 0 Å². The normalized spacial score (nSPS) is 19.1. The second-order valence-corrected chi connectivity index (χ2v) is 12.4. The highest BCUT2D eigenvalue weighted by molar-refractivity contribution is 6.37. The molecular weight excluding hydrogens is 559 g/mol. The van der Waals surface area contributed by atoms with Crippen LogP contribution in [0.25, 0.3) is 21.9 Å². The summed E-state index contributed by atoms with van der Waals surface area (Å²) < 4.78 is 21.6. The molecule has 0 spiro atoms. The van der Waals surface area contributed by atoms with Gasteiger partial charge in [-0.3, -0.25) is 19.5 Å². The molecule has 1 saturated carbocycles. The number of benzene rings is 2. The minimum absolute atomic E-state index is 0.110. The number of nitrogens with zero attached hydrogens (tertiary/aromatic N) is 4. The molecule has 4 aromatic rings. The second-order valence-electron chi connectivity index (χ2n) is 12.0. The fourth-order valence-corrected chi connectivity index (χ4v) is 6.28. The number of anilines is 2. The predicted octanol–water partition coefficient (Wildman–Crippen LogP) is 7.06. The first-order valence-electron chi connectivity index (χ1n) is 13.7. The van der Waals surface area contributed by atoms with Gasteiger partial charge in [-0.2, -0.15) is 0 Å². The van der Waals surface area contributed by atoms with Crippen molar-refractivity contribution in [1.82, 2.24) is 9.97 Å². The molecule has 10 heteroatoms. The van der Waals surface area contributed by atoms with Gasteiger partial charge >= 0.3 is 6.09 Å². The largest absolute Gasteiger partial charge is 0.443 e. The number of hydrogen-bond acceptors (Lipinski definition) is 6. The lowest BCUT2D eigenvalue weighted by molar-refractivity contribution is 0.0575. The topological polar surface area (TPSA) is 92.7 Å². The zero-order valence-corrected chi connectivity index (χ0v) is 24.1. The molecule has 42 heavy (non-hydrogen) atoms. The average Bonchev–Trinajstić information content (AvgIpc) is 3.69. The number of carbonyl (C=O) groups excluding carboxylic acids is 3. The van der Waals surface area contributed by atoms with Gasteiger partial charge in [0.15, 0.2) is 0 Å². The summed E-state index contributed by atoms with van der Waals surface area (Å²) in [5, 5.41) is 0.673. The van der Waals surface area contributed by atoms with Crippen LogP contribution < -0.4 is 9.80 Å². The molecule has 0 bridgehead atoms. The highest BCUT2D eigenvalue weighted by atomic mass is 35.5. The third-order valence-electron chi connectivity index (χ3n) is 8.11. The molecule has 7 rings (SSSR count). The Kier molecular flexibility index (Phi) is 5.72. The van der Waals surface area contributed by atoms with Crippen LogP contribution in [-0.4, -0.2) is 40.0 Å². The molecule has 4 heterocycles. The van der Waals surface area contributed by atoms with E-state index in [4.69, 9.17) is 21.3 Å². The van der Waals surface area contributed by atoms with Gasteiger partial charge in [0, 0.05) is 41.4 Å². The van der Waals surface area contributed by atoms with Gasteiger partial charge in [0.1, 0.15) is 17.2 Å². The lowest BCUT2D eigenvalue weighted by Gasteiger charge is -2.32. The smallest absolute Gasteiger partial charge is 0.414 e. The summed E-state index contributed by atoms with van der Waals surface area (Å²) in [5.41, 5.74) is 2.69. The SMILES string of the molecule is Cc1c(-c2cc3cc(N4C(=O)c5ccccc5C4=O)ncc3c(Cl)c2F)cnc2c1N(C(=O)OC(C)(C)C)CC1CC21. The maximum atomic E-state index is 15.9. The maximum Gasteiger partial charge on any atom is 0.414 e. The number of aromatic nitrogens is 2. The zero-order valence-electron chi connectivity index (χ0n) is 23.4. The van der Waals surface area contributed by atoms with E-state index in [1.807, 2.05) is 27.7 Å². The second kappa shape index (κ2) is 9.06. The Morgan fingerprint density at radius 1 is 1.02 bits per heavy atom. The number of fused-ring (bicyclic) bond motifs is 5. The first-order chi connectivity index (χ1) is 19.9. The number of imide groups is 1. The molecule has 1 fully saturated rings. The van der Waals surface area contributed by atoms with Crippen molar-refractivity contribution in [1.29, 1.82) is 0 Å². The number of carbonyl (C=O) groups is 3. The standard InChI is InChI=1S/C32H26ClFN4O4/c1-15-22(12-36-27-20-10-17(20)14-37(28(15)27)31(41)42-32(2,3)4)21-9-16-11-24(35-13-23(16)25(33)26(21)34)38-29(39)18-7-5-6-8-19(18)30(38)40/h5-9,11-13,17,20H,10,14H2,1-4H3. The molecule has 2 atom stereocenters. The molecule has 0 N–H and O–H groups in total. The first kappa shape index (κ1) is 26.5. The van der Waals surface area contributed by atoms with Gasteiger partial charge in [0.2, 0.25) is 0 Å². The van der Waals surface area contributed by atoms with E-state index >= 15 is 4.39 Å². The van der Waals surface area contributed by atoms with Gasteiger partial charge < -0.3 is 4.74 Å². The van der Waals surface area contributed by atoms with Crippen molar-refractivity contribution in [3.8, 4) is 11.1 Å². The number of ether oxygens (including phenoxy) is 1. The van der Waals surface area contributed by atoms with Crippen molar-refractivity contribution in [3.05, 3.63) is 82.0 Å². The van der Waals surface area contributed by atoms with E-state index < -0.39 is 29.3 Å². The Morgan fingerprint density at radius 3 is 2.38 bits per heavy atom. The van der Waals surface area contributed by atoms with E-state index in [0.29, 0.717) is 51.2 Å². The molecule has 2 aliphatic heterocycles. The van der Waals surface area contributed by atoms with Gasteiger partial charge in [0.05, 0.1) is 27.5 Å². The highest BCUT2D eigenvalue weighted by Crippen LogP contribution is 2.55. The van der Waals surface area contributed by atoms with Crippen molar-refractivity contribution in [2.24, 2.45) is 5.92 Å². The molecular formula is C32H26ClFN4O4. The van der Waals surface area contributed by atoms with Crippen LogP contribution in [0.5, 0.6) is 0 Å². The predicted molar refractivity (Wildman–Crippen MR) is 157 cm³/mol. The summed E-state index contributed by atoms with van der Waals surface area (Å²) in [7, 11) is 0. The summed E-state index contributed by atoms with van der Waals surface area (Å²) in [6.45, 7) is 7.79. The molecule has 3 amide bonds. The fraction of sp³-hybridized carbons (Fsp3) is 0.281. The van der Waals surface area contributed by atoms with E-state index in [2.05, 4.69) is 4.98 Å². The molecule has 0 radical (unpaired) electrons. The van der Waals surface area contributed by atoms with Crippen molar-refractivity contribution >= 4 is 51.8 Å². The zero-order chi connectivity index (χ0) is 29.7. The van der Waals surface area contributed by atoms with Gasteiger partial charge in [0.25, 0.3) is 11.8 Å². The van der Waals surface area contributed by atoms with Crippen LogP contribution in [0, 0.1) is 18.7 Å². The molecule has 2 aromatic carbocycles. The number of amides is 3. The van der Waals surface area contributed by atoms with Gasteiger partial charge in [-0.05, 0) is 75.2 Å². The monoisotopic (exact) mass is 584 g/mol. The number of halogens is 2. The van der Waals surface area contributed by atoms with Crippen LogP contribution in [0.1, 0.15) is 65.1 Å². The lowest BCUT2D eigenvalue weighted by Crippen LogP contribution is -2.40. The lowest BCUT2D eigenvalue weighted by atomic mass is 9.94. The summed E-state index contributed by atoms with van der Waals surface area (Å²) in [6, 6.07) is 9.73. The quantitative estimate of drug-likeness (QED) is 0.234. The molecule has 0 saturated heterocycles. The minimum atomic E-state index is -0.681. The highest BCUT2D eigenvalue weighted by Gasteiger charge is 2.49. The Labute approximate surface area is 246 Å². The molecule has 8 nitrogen and oxygen atoms in total. The minimum Gasteiger partial charge on any atom is -0.443 e. The first-order valence-corrected chi connectivity index (χ1v) is 14.1. The summed E-state index contributed by atoms with van der Waals surface area (Å²) in [4.78, 5) is 51.0. The Hall–Kier alpha value is -4.37. The van der Waals surface area contributed by atoms with E-state index in [9.17, 15) is 14.4 Å². The third-order valence-corrected chi connectivity index (χ3v) is 8.48. The van der Waals surface area contributed by atoms with Crippen LogP contribution in [-0.2, 0) is 4.74 Å². The Balaban J connectivity index is 1.34. The number of pyridine rings is 2. The van der Waals surface area contributed by atoms with Crippen molar-refractivity contribution < 1.29 is 23.5 Å². The maximum absolute atomic E-state index is 15.9. The van der Waals surface area contributed by atoms with Gasteiger partial charge in [-0.25, -0.2) is 19.1 Å². The van der Waals surface area contributed by atoms with Crippen LogP contribution in [0.2, 0.25) is 5.02 Å². The van der Waals surface area contributed by atoms with Crippen molar-refractivity contribution in [3.63, 3.8) is 0 Å². The summed E-state index contributed by atoms with van der Waals surface area (Å²) in [5.74, 6) is -0.934. The third kappa shape index (κ3) is 3.98. The Bertz CT molecular complexity index is 1850. The fourth-order valence-electron chi connectivity index (χ4n) is 6.02. The molecule has 1 aliphatic carbocycles. The van der Waals surface area contributed by atoms with Crippen molar-refractivity contribution in [2.75, 3.05) is 16.3 Å². The van der Waals surface area contributed by atoms with E-state index in [1.165, 1.54) is 6.20 Å². The molecule has 2 unspecified atom stereocenters. The molecule has 2 aromatic heterocycles. The van der Waals surface area contributed by atoms with E-state index in [1.54, 1.807) is 47.5 Å². The summed E-state index contributed by atoms with van der Waals surface area (Å²) in [6.07, 6.45) is 3.44. The van der Waals surface area contributed by atoms with Crippen LogP contribution >= 0.6 is 11.6 Å². The van der Waals surface area contributed by atoms with E-state index in [0.717, 1.165) is 17.0 Å². The van der Waals surface area contributed by atoms with Crippen LogP contribution in [0.15, 0.2) is 48.8 Å². The van der Waals surface area contributed by atoms with Crippen LogP contribution in [0.3, 0.4) is 0 Å². The average molecular weight is 585 g/mol. The van der Waals surface area contributed by atoms with E-state index in [-0.39, 0.29) is 22.3 Å². The number of hydrogen-bond donors (Lipinski definition) is 0. The summed E-state index contributed by atoms with van der Waals surface area (Å²) >= 11 is 6.53. The number of rotatable bonds is 2. The van der Waals surface area contributed by atoms with Crippen molar-refractivity contribution in [2.45, 2.75) is 45.6 Å². The molecule has 212 valence electrons. The van der Waals surface area contributed by atoms with Crippen LogP contribution in [0.4, 0.5) is 20.7 Å². The van der Waals surface area contributed by atoms with Gasteiger partial charge in [-0.1, -0.05) is 23.7 Å². The Morgan fingerprint density at radius 2 is 1.71 bits per heavy atom.